The number of carbonyl (C=O) groups is 1. The fourth-order valence-corrected chi connectivity index (χ4v) is 2.17. The van der Waals surface area contributed by atoms with Gasteiger partial charge < -0.3 is 10.2 Å². The van der Waals surface area contributed by atoms with Gasteiger partial charge in [-0.15, -0.1) is 0 Å². The quantitative estimate of drug-likeness (QED) is 0.844. The van der Waals surface area contributed by atoms with E-state index in [2.05, 4.69) is 29.6 Å². The largest absolute Gasteiger partial charge is 0.326 e. The standard InChI is InChI=1S/C18H19ClN2O/c1-21(13-5-8-15-6-3-2-4-7-15)14-18(22)20-17-11-9-16(19)10-12-17/h2-12H,13-14H2,1H3,(H,20,22)/p+1/b8-5+. The average Bonchev–Trinajstić information content (AvgIpc) is 2.50. The average molecular weight is 316 g/mol. The van der Waals surface area contributed by atoms with Crippen molar-refractivity contribution in [3.63, 3.8) is 0 Å². The first kappa shape index (κ1) is 16.3. The minimum atomic E-state index is -0.00654. The lowest BCUT2D eigenvalue weighted by Crippen LogP contribution is -3.09. The lowest BCUT2D eigenvalue weighted by molar-refractivity contribution is -0.864. The number of carbonyl (C=O) groups excluding carboxylic acids is 1. The zero-order valence-electron chi connectivity index (χ0n) is 12.6. The number of rotatable bonds is 6. The van der Waals surface area contributed by atoms with E-state index >= 15 is 0 Å². The molecule has 0 heterocycles. The predicted molar refractivity (Wildman–Crippen MR) is 92.2 cm³/mol. The van der Waals surface area contributed by atoms with Crippen molar-refractivity contribution in [3.05, 3.63) is 71.3 Å². The molecular weight excluding hydrogens is 296 g/mol. The summed E-state index contributed by atoms with van der Waals surface area (Å²) in [6.07, 6.45) is 4.15. The molecule has 2 N–H and O–H groups in total. The zero-order valence-corrected chi connectivity index (χ0v) is 13.3. The summed E-state index contributed by atoms with van der Waals surface area (Å²) in [6, 6.07) is 17.2. The fraction of sp³-hybridized carbons (Fsp3) is 0.167. The van der Waals surface area contributed by atoms with Crippen LogP contribution in [-0.2, 0) is 4.79 Å². The summed E-state index contributed by atoms with van der Waals surface area (Å²) < 4.78 is 0. The SMILES string of the molecule is C[NH+](C/C=C/c1ccccc1)CC(=O)Nc1ccc(Cl)cc1. The van der Waals surface area contributed by atoms with Crippen molar-refractivity contribution in [2.75, 3.05) is 25.5 Å². The van der Waals surface area contributed by atoms with Crippen LogP contribution in [0, 0.1) is 0 Å². The summed E-state index contributed by atoms with van der Waals surface area (Å²) in [5, 5.41) is 3.52. The van der Waals surface area contributed by atoms with Crippen LogP contribution in [0.2, 0.25) is 5.02 Å². The normalized spacial score (nSPS) is 12.3. The highest BCUT2D eigenvalue weighted by molar-refractivity contribution is 6.30. The first-order valence-corrected chi connectivity index (χ1v) is 7.59. The van der Waals surface area contributed by atoms with Crippen LogP contribution in [0.4, 0.5) is 5.69 Å². The number of quaternary nitrogens is 1. The van der Waals surface area contributed by atoms with E-state index in [0.717, 1.165) is 17.1 Å². The summed E-state index contributed by atoms with van der Waals surface area (Å²) in [7, 11) is 2.00. The molecule has 0 aliphatic rings. The van der Waals surface area contributed by atoms with E-state index in [-0.39, 0.29) is 5.91 Å². The first-order chi connectivity index (χ1) is 10.6. The molecule has 2 aromatic carbocycles. The van der Waals surface area contributed by atoms with Crippen LogP contribution in [0.5, 0.6) is 0 Å². The van der Waals surface area contributed by atoms with Gasteiger partial charge in [0.15, 0.2) is 6.54 Å². The highest BCUT2D eigenvalue weighted by Crippen LogP contribution is 2.12. The van der Waals surface area contributed by atoms with Gasteiger partial charge in [0.25, 0.3) is 5.91 Å². The number of hydrogen-bond acceptors (Lipinski definition) is 1. The van der Waals surface area contributed by atoms with Crippen molar-refractivity contribution >= 4 is 29.3 Å². The number of anilines is 1. The van der Waals surface area contributed by atoms with Crippen molar-refractivity contribution in [2.24, 2.45) is 0 Å². The highest BCUT2D eigenvalue weighted by Gasteiger charge is 2.08. The molecule has 0 radical (unpaired) electrons. The predicted octanol–water partition coefficient (Wildman–Crippen LogP) is 2.51. The fourth-order valence-electron chi connectivity index (χ4n) is 2.05. The minimum Gasteiger partial charge on any atom is -0.326 e. The monoisotopic (exact) mass is 315 g/mol. The lowest BCUT2D eigenvalue weighted by Gasteiger charge is -2.11. The van der Waals surface area contributed by atoms with Gasteiger partial charge in [-0.2, -0.15) is 0 Å². The number of likely N-dealkylation sites (N-methyl/N-ethyl adjacent to an activating group) is 1. The van der Waals surface area contributed by atoms with Crippen molar-refractivity contribution in [2.45, 2.75) is 0 Å². The van der Waals surface area contributed by atoms with Crippen LogP contribution in [0.1, 0.15) is 5.56 Å². The Balaban J connectivity index is 1.76. The summed E-state index contributed by atoms with van der Waals surface area (Å²) in [6.45, 7) is 1.21. The maximum absolute atomic E-state index is 12.0. The van der Waals surface area contributed by atoms with E-state index in [1.807, 2.05) is 25.2 Å². The number of nitrogens with one attached hydrogen (secondary N) is 2. The Hall–Kier alpha value is -2.10. The molecule has 0 saturated heterocycles. The third-order valence-corrected chi connectivity index (χ3v) is 3.42. The molecule has 1 amide bonds. The molecule has 0 bridgehead atoms. The van der Waals surface area contributed by atoms with Gasteiger partial charge in [0, 0.05) is 10.7 Å². The Kier molecular flexibility index (Phi) is 6.19. The van der Waals surface area contributed by atoms with Crippen molar-refractivity contribution in [1.82, 2.24) is 0 Å². The van der Waals surface area contributed by atoms with Gasteiger partial charge in [-0.1, -0.05) is 48.0 Å². The smallest absolute Gasteiger partial charge is 0.279 e. The lowest BCUT2D eigenvalue weighted by atomic mass is 10.2. The molecule has 4 heteroatoms. The molecule has 0 aliphatic carbocycles. The number of amides is 1. The molecule has 0 spiro atoms. The summed E-state index contributed by atoms with van der Waals surface area (Å²) in [4.78, 5) is 13.1. The summed E-state index contributed by atoms with van der Waals surface area (Å²) in [5.41, 5.74) is 1.93. The third kappa shape index (κ3) is 5.72. The second-order valence-corrected chi connectivity index (χ2v) is 5.64. The van der Waals surface area contributed by atoms with Crippen LogP contribution in [0.3, 0.4) is 0 Å². The summed E-state index contributed by atoms with van der Waals surface area (Å²) in [5.74, 6) is -0.00654. The Morgan fingerprint density at radius 1 is 1.14 bits per heavy atom. The maximum Gasteiger partial charge on any atom is 0.279 e. The van der Waals surface area contributed by atoms with Gasteiger partial charge in [-0.25, -0.2) is 0 Å². The van der Waals surface area contributed by atoms with Gasteiger partial charge >= 0.3 is 0 Å². The number of halogens is 1. The maximum atomic E-state index is 12.0. The van der Waals surface area contributed by atoms with Crippen LogP contribution >= 0.6 is 11.6 Å². The van der Waals surface area contributed by atoms with Crippen LogP contribution < -0.4 is 10.2 Å². The van der Waals surface area contributed by atoms with E-state index < -0.39 is 0 Å². The molecular formula is C18H20ClN2O+. The molecule has 0 saturated carbocycles. The zero-order chi connectivity index (χ0) is 15.8. The topological polar surface area (TPSA) is 33.5 Å². The van der Waals surface area contributed by atoms with E-state index in [1.54, 1.807) is 24.3 Å². The van der Waals surface area contributed by atoms with Crippen LogP contribution in [0.25, 0.3) is 6.08 Å². The number of hydrogen-bond donors (Lipinski definition) is 2. The molecule has 1 atom stereocenters. The Morgan fingerprint density at radius 2 is 1.82 bits per heavy atom. The molecule has 0 aromatic heterocycles. The van der Waals surface area contributed by atoms with Gasteiger partial charge in [-0.05, 0) is 35.9 Å². The molecule has 114 valence electrons. The molecule has 0 aliphatic heterocycles. The van der Waals surface area contributed by atoms with Crippen molar-refractivity contribution in [1.29, 1.82) is 0 Å². The van der Waals surface area contributed by atoms with Crippen LogP contribution in [0.15, 0.2) is 60.7 Å². The summed E-state index contributed by atoms with van der Waals surface area (Å²) >= 11 is 5.82. The molecule has 1 unspecified atom stereocenters. The second kappa shape index (κ2) is 8.37. The molecule has 2 rings (SSSR count). The van der Waals surface area contributed by atoms with Crippen molar-refractivity contribution < 1.29 is 9.69 Å². The molecule has 3 nitrogen and oxygen atoms in total. The highest BCUT2D eigenvalue weighted by atomic mass is 35.5. The third-order valence-electron chi connectivity index (χ3n) is 3.17. The van der Waals surface area contributed by atoms with E-state index in [4.69, 9.17) is 11.6 Å². The molecule has 0 fully saturated rings. The molecule has 22 heavy (non-hydrogen) atoms. The van der Waals surface area contributed by atoms with Gasteiger partial charge in [-0.3, -0.25) is 4.79 Å². The second-order valence-electron chi connectivity index (χ2n) is 5.21. The van der Waals surface area contributed by atoms with Gasteiger partial charge in [0.1, 0.15) is 0 Å². The van der Waals surface area contributed by atoms with Crippen LogP contribution in [-0.4, -0.2) is 26.0 Å². The van der Waals surface area contributed by atoms with Gasteiger partial charge in [0.2, 0.25) is 0 Å². The number of benzene rings is 2. The Labute approximate surface area is 136 Å². The van der Waals surface area contributed by atoms with E-state index in [9.17, 15) is 4.79 Å². The molecule has 2 aromatic rings. The van der Waals surface area contributed by atoms with E-state index in [1.165, 1.54) is 5.56 Å². The minimum absolute atomic E-state index is 0.00654. The first-order valence-electron chi connectivity index (χ1n) is 7.22. The Morgan fingerprint density at radius 3 is 2.50 bits per heavy atom. The van der Waals surface area contributed by atoms with Gasteiger partial charge in [0.05, 0.1) is 13.6 Å². The van der Waals surface area contributed by atoms with Crippen molar-refractivity contribution in [3.8, 4) is 0 Å². The Bertz CT molecular complexity index is 623. The van der Waals surface area contributed by atoms with E-state index in [0.29, 0.717) is 11.6 Å².